The van der Waals surface area contributed by atoms with Crippen molar-refractivity contribution in [1.82, 2.24) is 4.98 Å². The fourth-order valence-electron chi connectivity index (χ4n) is 1.64. The van der Waals surface area contributed by atoms with Gasteiger partial charge in [0.05, 0.1) is 15.6 Å². The van der Waals surface area contributed by atoms with Crippen molar-refractivity contribution >= 4 is 34.7 Å². The lowest BCUT2D eigenvalue weighted by molar-refractivity contribution is -0.384. The minimum absolute atomic E-state index is 0.120. The van der Waals surface area contributed by atoms with Gasteiger partial charge in [0.1, 0.15) is 5.69 Å². The number of aromatic nitrogens is 1. The van der Waals surface area contributed by atoms with Gasteiger partial charge in [-0.25, -0.2) is 0 Å². The number of aromatic amines is 1. The number of amides is 1. The summed E-state index contributed by atoms with van der Waals surface area (Å²) in [5.74, 6) is -0.733. The Morgan fingerprint density at radius 1 is 1.33 bits per heavy atom. The van der Waals surface area contributed by atoms with E-state index >= 15 is 0 Å². The third kappa shape index (κ3) is 3.26. The van der Waals surface area contributed by atoms with Crippen LogP contribution in [0, 0.1) is 10.1 Å². The lowest BCUT2D eigenvalue weighted by atomic mass is 10.2. The van der Waals surface area contributed by atoms with Crippen LogP contribution in [0.2, 0.25) is 5.02 Å². The van der Waals surface area contributed by atoms with Crippen molar-refractivity contribution in [1.29, 1.82) is 0 Å². The highest BCUT2D eigenvalue weighted by molar-refractivity contribution is 6.34. The van der Waals surface area contributed by atoms with Gasteiger partial charge in [-0.2, -0.15) is 0 Å². The molecule has 0 aliphatic rings. The van der Waals surface area contributed by atoms with E-state index in [1.54, 1.807) is 0 Å². The van der Waals surface area contributed by atoms with Gasteiger partial charge in [-0.15, -0.1) is 0 Å². The van der Waals surface area contributed by atoms with Gasteiger partial charge in [0, 0.05) is 23.9 Å². The standard InChI is InChI=1S/C13H10ClN3O4/c1-7(18)8-4-12(15-6-8)13(19)16-11-5-9(17(20)21)2-3-10(11)14/h2-6,15H,1H3,(H,16,19). The van der Waals surface area contributed by atoms with Crippen LogP contribution >= 0.6 is 11.6 Å². The molecule has 0 saturated carbocycles. The number of nitro benzene ring substituents is 1. The van der Waals surface area contributed by atoms with E-state index < -0.39 is 10.8 Å². The van der Waals surface area contributed by atoms with Gasteiger partial charge in [-0.1, -0.05) is 11.6 Å². The van der Waals surface area contributed by atoms with Crippen molar-refractivity contribution in [2.45, 2.75) is 6.92 Å². The minimum atomic E-state index is -0.589. The van der Waals surface area contributed by atoms with E-state index in [4.69, 9.17) is 11.6 Å². The van der Waals surface area contributed by atoms with E-state index in [1.807, 2.05) is 0 Å². The fourth-order valence-corrected chi connectivity index (χ4v) is 1.81. The van der Waals surface area contributed by atoms with Gasteiger partial charge in [0.25, 0.3) is 11.6 Å². The van der Waals surface area contributed by atoms with Crippen molar-refractivity contribution in [2.75, 3.05) is 5.32 Å². The fraction of sp³-hybridized carbons (Fsp3) is 0.0769. The van der Waals surface area contributed by atoms with Crippen LogP contribution in [0.15, 0.2) is 30.5 Å². The van der Waals surface area contributed by atoms with E-state index in [0.29, 0.717) is 5.56 Å². The number of rotatable bonds is 4. The highest BCUT2D eigenvalue weighted by Crippen LogP contribution is 2.27. The highest BCUT2D eigenvalue weighted by atomic mass is 35.5. The first-order chi connectivity index (χ1) is 9.88. The summed E-state index contributed by atoms with van der Waals surface area (Å²) in [4.78, 5) is 35.9. The molecule has 0 atom stereocenters. The van der Waals surface area contributed by atoms with Gasteiger partial charge < -0.3 is 10.3 Å². The third-order valence-electron chi connectivity index (χ3n) is 2.74. The average molecular weight is 308 g/mol. The van der Waals surface area contributed by atoms with Crippen LogP contribution in [0.3, 0.4) is 0 Å². The van der Waals surface area contributed by atoms with E-state index in [9.17, 15) is 19.7 Å². The predicted octanol–water partition coefficient (Wildman–Crippen LogP) is 3.03. The summed E-state index contributed by atoms with van der Waals surface area (Å²) in [6, 6.07) is 5.11. The Hall–Kier alpha value is -2.67. The third-order valence-corrected chi connectivity index (χ3v) is 3.07. The molecule has 0 aliphatic heterocycles. The molecule has 2 rings (SSSR count). The Morgan fingerprint density at radius 3 is 2.62 bits per heavy atom. The second-order valence-electron chi connectivity index (χ2n) is 4.23. The van der Waals surface area contributed by atoms with Crippen LogP contribution in [0.4, 0.5) is 11.4 Å². The number of non-ortho nitro benzene ring substituents is 1. The Morgan fingerprint density at radius 2 is 2.05 bits per heavy atom. The van der Waals surface area contributed by atoms with E-state index in [-0.39, 0.29) is 27.9 Å². The first-order valence-corrected chi connectivity index (χ1v) is 6.21. The summed E-state index contributed by atoms with van der Waals surface area (Å²) in [7, 11) is 0. The largest absolute Gasteiger partial charge is 0.356 e. The van der Waals surface area contributed by atoms with Crippen LogP contribution in [-0.2, 0) is 0 Å². The smallest absolute Gasteiger partial charge is 0.272 e. The zero-order valence-electron chi connectivity index (χ0n) is 10.8. The van der Waals surface area contributed by atoms with E-state index in [1.165, 1.54) is 31.3 Å². The number of nitrogens with one attached hydrogen (secondary N) is 2. The summed E-state index contributed by atoms with van der Waals surface area (Å²) >= 11 is 5.89. The molecule has 0 fully saturated rings. The second kappa shape index (κ2) is 5.76. The Kier molecular flexibility index (Phi) is 4.04. The normalized spacial score (nSPS) is 10.2. The lowest BCUT2D eigenvalue weighted by Crippen LogP contribution is -2.12. The molecule has 2 aromatic rings. The van der Waals surface area contributed by atoms with Crippen molar-refractivity contribution in [3.05, 3.63) is 56.9 Å². The molecule has 2 N–H and O–H groups in total. The predicted molar refractivity (Wildman–Crippen MR) is 76.9 cm³/mol. The van der Waals surface area contributed by atoms with Crippen LogP contribution in [0.5, 0.6) is 0 Å². The number of anilines is 1. The van der Waals surface area contributed by atoms with Gasteiger partial charge in [-0.05, 0) is 19.1 Å². The molecule has 0 bridgehead atoms. The molecule has 0 aliphatic carbocycles. The lowest BCUT2D eigenvalue weighted by Gasteiger charge is -2.05. The van der Waals surface area contributed by atoms with Crippen LogP contribution in [0.1, 0.15) is 27.8 Å². The molecule has 108 valence electrons. The number of hydrogen-bond donors (Lipinski definition) is 2. The van der Waals surface area contributed by atoms with E-state index in [2.05, 4.69) is 10.3 Å². The maximum Gasteiger partial charge on any atom is 0.272 e. The van der Waals surface area contributed by atoms with E-state index in [0.717, 1.165) is 6.07 Å². The number of nitro groups is 1. The Bertz CT molecular complexity index is 739. The first kappa shape index (κ1) is 14.7. The van der Waals surface area contributed by atoms with Gasteiger partial charge in [-0.3, -0.25) is 19.7 Å². The van der Waals surface area contributed by atoms with Gasteiger partial charge in [0.2, 0.25) is 0 Å². The molecule has 8 heteroatoms. The molecular formula is C13H10ClN3O4. The van der Waals surface area contributed by atoms with Gasteiger partial charge in [0.15, 0.2) is 5.78 Å². The first-order valence-electron chi connectivity index (χ1n) is 5.83. The van der Waals surface area contributed by atoms with Crippen LogP contribution < -0.4 is 5.32 Å². The molecule has 1 aromatic heterocycles. The molecule has 0 saturated heterocycles. The van der Waals surface area contributed by atoms with Crippen molar-refractivity contribution in [3.63, 3.8) is 0 Å². The number of halogens is 1. The van der Waals surface area contributed by atoms with Crippen LogP contribution in [-0.4, -0.2) is 21.6 Å². The number of carbonyl (C=O) groups is 2. The van der Waals surface area contributed by atoms with Crippen LogP contribution in [0.25, 0.3) is 0 Å². The topological polar surface area (TPSA) is 105 Å². The number of nitrogens with zero attached hydrogens (tertiary/aromatic N) is 1. The number of carbonyl (C=O) groups excluding carboxylic acids is 2. The maximum absolute atomic E-state index is 12.0. The summed E-state index contributed by atoms with van der Waals surface area (Å²) in [6.07, 6.45) is 1.41. The molecule has 1 aromatic carbocycles. The molecule has 7 nitrogen and oxygen atoms in total. The quantitative estimate of drug-likeness (QED) is 0.514. The molecular weight excluding hydrogens is 298 g/mol. The summed E-state index contributed by atoms with van der Waals surface area (Å²) in [5, 5.41) is 13.3. The van der Waals surface area contributed by atoms with Crippen molar-refractivity contribution < 1.29 is 14.5 Å². The average Bonchev–Trinajstić information content (AvgIpc) is 2.90. The molecule has 0 unspecified atom stereocenters. The number of ketones is 1. The number of benzene rings is 1. The minimum Gasteiger partial charge on any atom is -0.356 e. The SMILES string of the molecule is CC(=O)c1c[nH]c(C(=O)Nc2cc([N+](=O)[O-])ccc2Cl)c1. The molecule has 1 heterocycles. The zero-order valence-corrected chi connectivity index (χ0v) is 11.6. The number of Topliss-reactive ketones (excluding diaryl/α,β-unsaturated/α-hetero) is 1. The highest BCUT2D eigenvalue weighted by Gasteiger charge is 2.15. The molecule has 0 spiro atoms. The van der Waals surface area contributed by atoms with Crippen molar-refractivity contribution in [3.8, 4) is 0 Å². The van der Waals surface area contributed by atoms with Gasteiger partial charge >= 0.3 is 0 Å². The second-order valence-corrected chi connectivity index (χ2v) is 4.64. The summed E-state index contributed by atoms with van der Waals surface area (Å²) in [6.45, 7) is 1.38. The number of hydrogen-bond acceptors (Lipinski definition) is 4. The molecule has 21 heavy (non-hydrogen) atoms. The molecule has 0 radical (unpaired) electrons. The summed E-state index contributed by atoms with van der Waals surface area (Å²) in [5.41, 5.74) is 0.452. The number of H-pyrrole nitrogens is 1. The maximum atomic E-state index is 12.0. The molecule has 1 amide bonds. The Labute approximate surface area is 124 Å². The monoisotopic (exact) mass is 307 g/mol. The Balaban J connectivity index is 2.24. The van der Waals surface area contributed by atoms with Crippen molar-refractivity contribution in [2.24, 2.45) is 0 Å². The summed E-state index contributed by atoms with van der Waals surface area (Å²) < 4.78 is 0. The zero-order chi connectivity index (χ0) is 15.6.